The molecule has 2 N–H and O–H groups in total. The summed E-state index contributed by atoms with van der Waals surface area (Å²) in [7, 11) is 0. The van der Waals surface area contributed by atoms with Gasteiger partial charge in [0.05, 0.1) is 11.0 Å². The number of aliphatic hydroxyl groups is 1. The number of carbonyl (C=O) groups is 1. The third kappa shape index (κ3) is 2.83. The first-order chi connectivity index (χ1) is 7.65. The number of carbonyl (C=O) groups excluding carboxylic acids is 1. The molecule has 1 saturated carbocycles. The maximum atomic E-state index is 11.7. The van der Waals surface area contributed by atoms with Gasteiger partial charge in [-0.05, 0) is 44.2 Å². The highest BCUT2D eigenvalue weighted by Crippen LogP contribution is 2.24. The Morgan fingerprint density at radius 2 is 2.38 bits per heavy atom. The Bertz CT molecular complexity index is 375. The molecular weight excluding hydrogens is 222 g/mol. The Morgan fingerprint density at radius 1 is 1.56 bits per heavy atom. The van der Waals surface area contributed by atoms with E-state index in [1.54, 1.807) is 0 Å². The van der Waals surface area contributed by atoms with Crippen molar-refractivity contribution in [1.82, 2.24) is 5.32 Å². The number of thiophene rings is 1. The van der Waals surface area contributed by atoms with Gasteiger partial charge in [-0.3, -0.25) is 4.79 Å². The zero-order chi connectivity index (χ0) is 11.5. The van der Waals surface area contributed by atoms with Crippen molar-refractivity contribution in [3.63, 3.8) is 0 Å². The van der Waals surface area contributed by atoms with Crippen molar-refractivity contribution < 1.29 is 9.90 Å². The lowest BCUT2D eigenvalue weighted by Gasteiger charge is -2.09. The molecule has 0 spiro atoms. The van der Waals surface area contributed by atoms with Gasteiger partial charge in [-0.1, -0.05) is 0 Å². The van der Waals surface area contributed by atoms with Crippen LogP contribution in [0.5, 0.6) is 0 Å². The lowest BCUT2D eigenvalue weighted by atomic mass is 10.1. The molecule has 0 aliphatic heterocycles. The summed E-state index contributed by atoms with van der Waals surface area (Å²) >= 11 is 1.52. The molecule has 88 valence electrons. The fourth-order valence-corrected chi connectivity index (χ4v) is 2.90. The average Bonchev–Trinajstić information content (AvgIpc) is 2.84. The normalized spacial score (nSPS) is 24.6. The lowest BCUT2D eigenvalue weighted by Crippen LogP contribution is -2.28. The fraction of sp³-hybridized carbons (Fsp3) is 0.583. The smallest absolute Gasteiger partial charge is 0.261 e. The largest absolute Gasteiger partial charge is 0.393 e. The van der Waals surface area contributed by atoms with Crippen LogP contribution in [0.25, 0.3) is 0 Å². The Labute approximate surface area is 99.5 Å². The van der Waals surface area contributed by atoms with E-state index in [4.69, 9.17) is 0 Å². The molecule has 1 heterocycles. The summed E-state index contributed by atoms with van der Waals surface area (Å²) in [4.78, 5) is 13.7. The summed E-state index contributed by atoms with van der Waals surface area (Å²) in [5.41, 5.74) is 0. The first kappa shape index (κ1) is 11.6. The molecule has 3 nitrogen and oxygen atoms in total. The van der Waals surface area contributed by atoms with Crippen molar-refractivity contribution in [1.29, 1.82) is 0 Å². The Kier molecular flexibility index (Phi) is 3.61. The second kappa shape index (κ2) is 4.97. The molecule has 1 aliphatic rings. The van der Waals surface area contributed by atoms with E-state index in [2.05, 4.69) is 5.32 Å². The van der Waals surface area contributed by atoms with Crippen LogP contribution in [0.15, 0.2) is 12.1 Å². The van der Waals surface area contributed by atoms with Crippen molar-refractivity contribution in [2.24, 2.45) is 5.92 Å². The van der Waals surface area contributed by atoms with E-state index in [1.165, 1.54) is 11.3 Å². The van der Waals surface area contributed by atoms with Crippen LogP contribution in [0.1, 0.15) is 33.8 Å². The van der Waals surface area contributed by atoms with Gasteiger partial charge < -0.3 is 10.4 Å². The van der Waals surface area contributed by atoms with E-state index in [0.717, 1.165) is 29.0 Å². The topological polar surface area (TPSA) is 49.3 Å². The van der Waals surface area contributed by atoms with Crippen LogP contribution in [0.2, 0.25) is 0 Å². The maximum Gasteiger partial charge on any atom is 0.261 e. The van der Waals surface area contributed by atoms with E-state index in [9.17, 15) is 9.90 Å². The summed E-state index contributed by atoms with van der Waals surface area (Å²) in [5, 5.41) is 12.3. The SMILES string of the molecule is Cc1ccc(C(=O)NCC2CCC(O)C2)s1. The molecule has 1 aromatic rings. The number of aliphatic hydroxyl groups excluding tert-OH is 1. The second-order valence-corrected chi connectivity index (χ2v) is 5.74. The van der Waals surface area contributed by atoms with E-state index in [-0.39, 0.29) is 12.0 Å². The number of hydrogen-bond acceptors (Lipinski definition) is 3. The van der Waals surface area contributed by atoms with Crippen LogP contribution in [0, 0.1) is 12.8 Å². The Hall–Kier alpha value is -0.870. The molecule has 1 amide bonds. The Balaban J connectivity index is 1.80. The molecule has 0 saturated heterocycles. The summed E-state index contributed by atoms with van der Waals surface area (Å²) in [6.45, 7) is 2.68. The Morgan fingerprint density at radius 3 is 2.94 bits per heavy atom. The third-order valence-electron chi connectivity index (χ3n) is 3.03. The van der Waals surface area contributed by atoms with Gasteiger partial charge in [-0.2, -0.15) is 0 Å². The number of hydrogen-bond donors (Lipinski definition) is 2. The molecule has 1 aromatic heterocycles. The van der Waals surface area contributed by atoms with Crippen LogP contribution in [0.4, 0.5) is 0 Å². The van der Waals surface area contributed by atoms with Crippen LogP contribution in [0.3, 0.4) is 0 Å². The molecule has 4 heteroatoms. The van der Waals surface area contributed by atoms with Crippen LogP contribution in [-0.2, 0) is 0 Å². The monoisotopic (exact) mass is 239 g/mol. The highest BCUT2D eigenvalue weighted by atomic mass is 32.1. The molecule has 1 aliphatic carbocycles. The van der Waals surface area contributed by atoms with Crippen molar-refractivity contribution in [3.8, 4) is 0 Å². The molecule has 0 aromatic carbocycles. The van der Waals surface area contributed by atoms with Gasteiger partial charge in [-0.25, -0.2) is 0 Å². The third-order valence-corrected chi connectivity index (χ3v) is 4.03. The fourth-order valence-electron chi connectivity index (χ4n) is 2.11. The maximum absolute atomic E-state index is 11.7. The van der Waals surface area contributed by atoms with Crippen molar-refractivity contribution in [2.45, 2.75) is 32.3 Å². The van der Waals surface area contributed by atoms with Crippen LogP contribution >= 0.6 is 11.3 Å². The van der Waals surface area contributed by atoms with E-state index >= 15 is 0 Å². The number of rotatable bonds is 3. The van der Waals surface area contributed by atoms with Crippen LogP contribution in [-0.4, -0.2) is 23.7 Å². The zero-order valence-electron chi connectivity index (χ0n) is 9.40. The molecule has 2 unspecified atom stereocenters. The van der Waals surface area contributed by atoms with Gasteiger partial charge in [0.25, 0.3) is 5.91 Å². The first-order valence-electron chi connectivity index (χ1n) is 5.68. The van der Waals surface area contributed by atoms with E-state index < -0.39 is 0 Å². The van der Waals surface area contributed by atoms with Gasteiger partial charge in [0.2, 0.25) is 0 Å². The highest BCUT2D eigenvalue weighted by molar-refractivity contribution is 7.13. The highest BCUT2D eigenvalue weighted by Gasteiger charge is 2.23. The molecular formula is C12H17NO2S. The lowest BCUT2D eigenvalue weighted by molar-refractivity contribution is 0.0949. The predicted molar refractivity (Wildman–Crippen MR) is 64.7 cm³/mol. The summed E-state index contributed by atoms with van der Waals surface area (Å²) in [6.07, 6.45) is 2.55. The summed E-state index contributed by atoms with van der Waals surface area (Å²) in [5.74, 6) is 0.458. The van der Waals surface area contributed by atoms with Crippen molar-refractivity contribution in [2.75, 3.05) is 6.54 Å². The quantitative estimate of drug-likeness (QED) is 0.847. The summed E-state index contributed by atoms with van der Waals surface area (Å²) < 4.78 is 0. The van der Waals surface area contributed by atoms with Gasteiger partial charge in [-0.15, -0.1) is 11.3 Å². The minimum absolute atomic E-state index is 0.0134. The molecule has 0 radical (unpaired) electrons. The summed E-state index contributed by atoms with van der Waals surface area (Å²) in [6, 6.07) is 3.82. The minimum atomic E-state index is -0.161. The molecule has 16 heavy (non-hydrogen) atoms. The predicted octanol–water partition coefficient (Wildman–Crippen LogP) is 1.95. The molecule has 1 fully saturated rings. The standard InChI is InChI=1S/C12H17NO2S/c1-8-2-5-11(16-8)12(15)13-7-9-3-4-10(14)6-9/h2,5,9-10,14H,3-4,6-7H2,1H3,(H,13,15). The van der Waals surface area contributed by atoms with E-state index in [0.29, 0.717) is 12.5 Å². The average molecular weight is 239 g/mol. The first-order valence-corrected chi connectivity index (χ1v) is 6.49. The number of amides is 1. The molecule has 2 rings (SSSR count). The second-order valence-electron chi connectivity index (χ2n) is 4.45. The van der Waals surface area contributed by atoms with Gasteiger partial charge >= 0.3 is 0 Å². The van der Waals surface area contributed by atoms with E-state index in [1.807, 2.05) is 19.1 Å². The molecule has 0 bridgehead atoms. The zero-order valence-corrected chi connectivity index (χ0v) is 10.2. The molecule has 2 atom stereocenters. The number of aryl methyl sites for hydroxylation is 1. The minimum Gasteiger partial charge on any atom is -0.393 e. The van der Waals surface area contributed by atoms with Crippen molar-refractivity contribution in [3.05, 3.63) is 21.9 Å². The van der Waals surface area contributed by atoms with Crippen molar-refractivity contribution >= 4 is 17.2 Å². The van der Waals surface area contributed by atoms with Gasteiger partial charge in [0.1, 0.15) is 0 Å². The van der Waals surface area contributed by atoms with Gasteiger partial charge in [0.15, 0.2) is 0 Å². The van der Waals surface area contributed by atoms with Gasteiger partial charge in [0, 0.05) is 11.4 Å². The van der Waals surface area contributed by atoms with Crippen LogP contribution < -0.4 is 5.32 Å². The number of nitrogens with one attached hydrogen (secondary N) is 1.